The Labute approximate surface area is 117 Å². The Morgan fingerprint density at radius 2 is 1.95 bits per heavy atom. The molecule has 2 N–H and O–H groups in total. The van der Waals surface area contributed by atoms with E-state index in [1.165, 1.54) is 0 Å². The number of aromatic nitrogens is 3. The minimum Gasteiger partial charge on any atom is -0.462 e. The zero-order chi connectivity index (χ0) is 14.4. The Bertz CT molecular complexity index is 640. The number of hydrogen-bond donors (Lipinski definition) is 1. The van der Waals surface area contributed by atoms with Crippen molar-refractivity contribution in [3.63, 3.8) is 0 Å². The fourth-order valence-electron chi connectivity index (χ4n) is 1.59. The molecule has 1 aromatic carbocycles. The maximum absolute atomic E-state index is 10.7. The summed E-state index contributed by atoms with van der Waals surface area (Å²) in [4.78, 5) is 4.03. The molecule has 0 unspecified atom stereocenters. The van der Waals surface area contributed by atoms with Crippen molar-refractivity contribution in [3.05, 3.63) is 36.7 Å². The van der Waals surface area contributed by atoms with Crippen LogP contribution in [0.5, 0.6) is 6.01 Å². The molecule has 1 aromatic heterocycles. The van der Waals surface area contributed by atoms with Crippen molar-refractivity contribution in [1.82, 2.24) is 14.8 Å². The first kappa shape index (κ1) is 14.5. The quantitative estimate of drug-likeness (QED) is 0.759. The first-order valence-corrected chi connectivity index (χ1v) is 7.86. The molecule has 0 aliphatic carbocycles. The van der Waals surface area contributed by atoms with Crippen molar-refractivity contribution < 1.29 is 13.2 Å². The molecule has 8 heteroatoms. The Balaban J connectivity index is 1.79. The third kappa shape index (κ3) is 4.63. The predicted octanol–water partition coefficient (Wildman–Crippen LogP) is 0.715. The van der Waals surface area contributed by atoms with Gasteiger partial charge in [-0.3, -0.25) is 0 Å². The summed E-state index contributed by atoms with van der Waals surface area (Å²) >= 11 is 0. The Morgan fingerprint density at radius 3 is 2.65 bits per heavy atom. The van der Waals surface area contributed by atoms with E-state index in [9.17, 15) is 8.42 Å². The van der Waals surface area contributed by atoms with Gasteiger partial charge in [-0.15, -0.1) is 5.10 Å². The first-order valence-electron chi connectivity index (χ1n) is 6.15. The number of hydrogen-bond acceptors (Lipinski definition) is 5. The van der Waals surface area contributed by atoms with Gasteiger partial charge in [-0.2, -0.15) is 4.98 Å². The number of ether oxygens (including phenoxy) is 1. The highest BCUT2D eigenvalue weighted by Crippen LogP contribution is 2.08. The van der Waals surface area contributed by atoms with Crippen LogP contribution in [0.25, 0.3) is 5.69 Å². The number of nitrogens with zero attached hydrogens (tertiary/aromatic N) is 3. The lowest BCUT2D eigenvalue weighted by Gasteiger charge is -2.01. The number of para-hydroxylation sites is 1. The summed E-state index contributed by atoms with van der Waals surface area (Å²) in [5.41, 5.74) is 0.893. The molecule has 0 aliphatic heterocycles. The number of sulfonamides is 1. The SMILES string of the molecule is NS(=O)(=O)CCCCOc1ncn(-c2ccccc2)n1. The average molecular weight is 296 g/mol. The summed E-state index contributed by atoms with van der Waals surface area (Å²) in [6.07, 6.45) is 2.60. The van der Waals surface area contributed by atoms with Crippen LogP contribution >= 0.6 is 0 Å². The van der Waals surface area contributed by atoms with Gasteiger partial charge in [-0.05, 0) is 25.0 Å². The molecule has 0 aliphatic rings. The van der Waals surface area contributed by atoms with Gasteiger partial charge >= 0.3 is 6.01 Å². The molecule has 0 amide bonds. The van der Waals surface area contributed by atoms with Crippen molar-refractivity contribution in [3.8, 4) is 11.7 Å². The van der Waals surface area contributed by atoms with Gasteiger partial charge in [0, 0.05) is 0 Å². The van der Waals surface area contributed by atoms with E-state index in [0.29, 0.717) is 19.4 Å². The average Bonchev–Trinajstić information content (AvgIpc) is 2.87. The largest absolute Gasteiger partial charge is 0.462 e. The van der Waals surface area contributed by atoms with E-state index >= 15 is 0 Å². The topological polar surface area (TPSA) is 100 Å². The summed E-state index contributed by atoms with van der Waals surface area (Å²) in [5, 5.41) is 9.07. The van der Waals surface area contributed by atoms with E-state index in [0.717, 1.165) is 5.69 Å². The molecular formula is C12H16N4O3S. The van der Waals surface area contributed by atoms with E-state index < -0.39 is 10.0 Å². The highest BCUT2D eigenvalue weighted by atomic mass is 32.2. The van der Waals surface area contributed by atoms with E-state index in [1.54, 1.807) is 11.0 Å². The number of benzene rings is 1. The van der Waals surface area contributed by atoms with E-state index in [-0.39, 0.29) is 11.8 Å². The molecule has 7 nitrogen and oxygen atoms in total. The second kappa shape index (κ2) is 6.49. The molecule has 0 radical (unpaired) electrons. The molecule has 2 rings (SSSR count). The predicted molar refractivity (Wildman–Crippen MR) is 74.1 cm³/mol. The van der Waals surface area contributed by atoms with Gasteiger partial charge in [0.15, 0.2) is 0 Å². The zero-order valence-electron chi connectivity index (χ0n) is 10.8. The van der Waals surface area contributed by atoms with E-state index in [1.807, 2.05) is 30.3 Å². The van der Waals surface area contributed by atoms with Crippen LogP contribution in [0.4, 0.5) is 0 Å². The van der Waals surface area contributed by atoms with Crippen molar-refractivity contribution >= 4 is 10.0 Å². The molecular weight excluding hydrogens is 280 g/mol. The lowest BCUT2D eigenvalue weighted by atomic mass is 10.3. The monoisotopic (exact) mass is 296 g/mol. The van der Waals surface area contributed by atoms with Gasteiger partial charge in [-0.1, -0.05) is 18.2 Å². The summed E-state index contributed by atoms with van der Waals surface area (Å²) in [5.74, 6) is -0.0394. The fourth-order valence-corrected chi connectivity index (χ4v) is 2.19. The Hall–Kier alpha value is -1.93. The molecule has 0 saturated carbocycles. The minimum atomic E-state index is -3.39. The molecule has 0 spiro atoms. The van der Waals surface area contributed by atoms with E-state index in [2.05, 4.69) is 10.1 Å². The number of nitrogens with two attached hydrogens (primary N) is 1. The summed E-state index contributed by atoms with van der Waals surface area (Å²) < 4.78 is 28.4. The molecule has 20 heavy (non-hydrogen) atoms. The Morgan fingerprint density at radius 1 is 1.20 bits per heavy atom. The zero-order valence-corrected chi connectivity index (χ0v) is 11.7. The van der Waals surface area contributed by atoms with E-state index in [4.69, 9.17) is 9.88 Å². The van der Waals surface area contributed by atoms with Crippen LogP contribution in [-0.4, -0.2) is 35.5 Å². The normalized spacial score (nSPS) is 11.4. The Kier molecular flexibility index (Phi) is 4.70. The highest BCUT2D eigenvalue weighted by Gasteiger charge is 2.05. The third-order valence-electron chi connectivity index (χ3n) is 2.55. The van der Waals surface area contributed by atoms with Crippen molar-refractivity contribution in [2.45, 2.75) is 12.8 Å². The maximum Gasteiger partial charge on any atom is 0.335 e. The minimum absolute atomic E-state index is 0.0394. The smallest absolute Gasteiger partial charge is 0.335 e. The van der Waals surface area contributed by atoms with Crippen LogP contribution in [0.15, 0.2) is 36.7 Å². The molecule has 2 aromatic rings. The maximum atomic E-state index is 10.7. The molecule has 0 saturated heterocycles. The van der Waals surface area contributed by atoms with Gasteiger partial charge in [0.1, 0.15) is 6.33 Å². The summed E-state index contributed by atoms with van der Waals surface area (Å²) in [7, 11) is -3.39. The van der Waals surface area contributed by atoms with Crippen LogP contribution in [0, 0.1) is 0 Å². The van der Waals surface area contributed by atoms with Crippen LogP contribution in [-0.2, 0) is 10.0 Å². The molecule has 1 heterocycles. The second-order valence-electron chi connectivity index (χ2n) is 4.23. The number of primary sulfonamides is 1. The lowest BCUT2D eigenvalue weighted by Crippen LogP contribution is -2.16. The third-order valence-corrected chi connectivity index (χ3v) is 3.40. The summed E-state index contributed by atoms with van der Waals surface area (Å²) in [6, 6.07) is 9.82. The van der Waals surface area contributed by atoms with Gasteiger partial charge in [-0.25, -0.2) is 18.2 Å². The molecule has 108 valence electrons. The van der Waals surface area contributed by atoms with Crippen molar-refractivity contribution in [2.75, 3.05) is 12.4 Å². The van der Waals surface area contributed by atoms with Crippen LogP contribution in [0.3, 0.4) is 0 Å². The van der Waals surface area contributed by atoms with Crippen LogP contribution < -0.4 is 9.88 Å². The van der Waals surface area contributed by atoms with Crippen molar-refractivity contribution in [1.29, 1.82) is 0 Å². The van der Waals surface area contributed by atoms with Crippen LogP contribution in [0.1, 0.15) is 12.8 Å². The first-order chi connectivity index (χ1) is 9.54. The van der Waals surface area contributed by atoms with Gasteiger partial charge in [0.25, 0.3) is 0 Å². The summed E-state index contributed by atoms with van der Waals surface area (Å²) in [6.45, 7) is 0.355. The second-order valence-corrected chi connectivity index (χ2v) is 5.96. The molecule has 0 bridgehead atoms. The highest BCUT2D eigenvalue weighted by molar-refractivity contribution is 7.89. The van der Waals surface area contributed by atoms with Gasteiger partial charge < -0.3 is 4.74 Å². The lowest BCUT2D eigenvalue weighted by molar-refractivity contribution is 0.285. The molecule has 0 fully saturated rings. The van der Waals surface area contributed by atoms with Gasteiger partial charge in [0.2, 0.25) is 10.0 Å². The number of unbranched alkanes of at least 4 members (excludes halogenated alkanes) is 1. The fraction of sp³-hybridized carbons (Fsp3) is 0.333. The van der Waals surface area contributed by atoms with Crippen molar-refractivity contribution in [2.24, 2.45) is 5.14 Å². The molecule has 0 atom stereocenters. The standard InChI is InChI=1S/C12H16N4O3S/c13-20(17,18)9-5-4-8-19-12-14-10-16(15-12)11-6-2-1-3-7-11/h1-3,6-7,10H,4-5,8-9H2,(H2,13,17,18). The number of rotatable bonds is 7. The van der Waals surface area contributed by atoms with Crippen LogP contribution in [0.2, 0.25) is 0 Å². The van der Waals surface area contributed by atoms with Gasteiger partial charge in [0.05, 0.1) is 18.0 Å².